The van der Waals surface area contributed by atoms with E-state index in [0.29, 0.717) is 6.42 Å². The monoisotopic (exact) mass is 262 g/mol. The molecule has 0 radical (unpaired) electrons. The van der Waals surface area contributed by atoms with Crippen molar-refractivity contribution in [3.05, 3.63) is 29.3 Å². The molecule has 1 N–H and O–H groups in total. The van der Waals surface area contributed by atoms with Crippen molar-refractivity contribution < 1.29 is 14.6 Å². The maximum absolute atomic E-state index is 10.4. The van der Waals surface area contributed by atoms with Crippen LogP contribution in [0, 0.1) is 6.92 Å². The summed E-state index contributed by atoms with van der Waals surface area (Å²) < 4.78 is 11.8. The van der Waals surface area contributed by atoms with Crippen molar-refractivity contribution >= 4 is 0 Å². The van der Waals surface area contributed by atoms with Crippen molar-refractivity contribution in [2.45, 2.75) is 56.8 Å². The Morgan fingerprint density at radius 1 is 1.37 bits per heavy atom. The molecule has 0 aromatic heterocycles. The van der Waals surface area contributed by atoms with Crippen LogP contribution in [0.3, 0.4) is 0 Å². The fourth-order valence-corrected chi connectivity index (χ4v) is 3.51. The van der Waals surface area contributed by atoms with Gasteiger partial charge in [-0.15, -0.1) is 0 Å². The number of aryl methyl sites for hydroxylation is 1. The molecule has 0 amide bonds. The van der Waals surface area contributed by atoms with Crippen molar-refractivity contribution in [1.82, 2.24) is 0 Å². The summed E-state index contributed by atoms with van der Waals surface area (Å²) in [5.41, 5.74) is 1.86. The average Bonchev–Trinajstić information content (AvgIpc) is 2.40. The molecular formula is C16H22O3. The first-order chi connectivity index (χ1) is 9.12. The average molecular weight is 262 g/mol. The molecular weight excluding hydrogens is 240 g/mol. The maximum atomic E-state index is 10.4. The van der Waals surface area contributed by atoms with Crippen LogP contribution >= 0.6 is 0 Å². The number of hydrogen-bond donors (Lipinski definition) is 1. The summed E-state index contributed by atoms with van der Waals surface area (Å²) in [4.78, 5) is 0. The smallest absolute Gasteiger partial charge is 0.125 e. The lowest BCUT2D eigenvalue weighted by atomic mass is 9.76. The van der Waals surface area contributed by atoms with Gasteiger partial charge in [0.15, 0.2) is 0 Å². The minimum Gasteiger partial charge on any atom is -0.487 e. The third-order valence-corrected chi connectivity index (χ3v) is 4.51. The highest BCUT2D eigenvalue weighted by Gasteiger charge is 2.44. The van der Waals surface area contributed by atoms with Gasteiger partial charge in [-0.05, 0) is 38.3 Å². The lowest BCUT2D eigenvalue weighted by Crippen LogP contribution is -2.46. The molecule has 1 spiro atoms. The zero-order chi connectivity index (χ0) is 13.5. The SMILES string of the molecule is COC1CCCC2(C1)C[C@H](O)c1cc(C)ccc1O2. The van der Waals surface area contributed by atoms with Crippen LogP contribution in [-0.2, 0) is 4.74 Å². The van der Waals surface area contributed by atoms with Gasteiger partial charge in [0.2, 0.25) is 0 Å². The van der Waals surface area contributed by atoms with Gasteiger partial charge < -0.3 is 14.6 Å². The molecule has 1 aliphatic heterocycles. The largest absolute Gasteiger partial charge is 0.487 e. The third-order valence-electron chi connectivity index (χ3n) is 4.51. The standard InChI is InChI=1S/C16H22O3/c1-11-5-6-15-13(8-11)14(17)10-16(19-15)7-3-4-12(9-16)18-2/h5-6,8,12,14,17H,3-4,7,9-10H2,1-2H3/t12?,14-,16?/m0/s1. The van der Waals surface area contributed by atoms with Gasteiger partial charge in [-0.1, -0.05) is 11.6 Å². The number of aliphatic hydroxyl groups is 1. The highest BCUT2D eigenvalue weighted by atomic mass is 16.5. The van der Waals surface area contributed by atoms with Crippen LogP contribution in [0.5, 0.6) is 5.75 Å². The summed E-state index contributed by atoms with van der Waals surface area (Å²) in [7, 11) is 1.76. The Morgan fingerprint density at radius 3 is 3.00 bits per heavy atom. The number of hydrogen-bond acceptors (Lipinski definition) is 3. The van der Waals surface area contributed by atoms with Crippen LogP contribution in [0.4, 0.5) is 0 Å². The minimum atomic E-state index is -0.417. The predicted octanol–water partition coefficient (Wildman–Crippen LogP) is 3.14. The molecule has 2 aliphatic rings. The first kappa shape index (κ1) is 12.9. The van der Waals surface area contributed by atoms with Gasteiger partial charge in [-0.25, -0.2) is 0 Å². The van der Waals surface area contributed by atoms with Crippen molar-refractivity contribution in [1.29, 1.82) is 0 Å². The van der Waals surface area contributed by atoms with E-state index in [-0.39, 0.29) is 11.7 Å². The fraction of sp³-hybridized carbons (Fsp3) is 0.625. The quantitative estimate of drug-likeness (QED) is 0.845. The molecule has 1 aliphatic carbocycles. The summed E-state index contributed by atoms with van der Waals surface area (Å²) in [6, 6.07) is 6.07. The summed E-state index contributed by atoms with van der Waals surface area (Å²) in [5.74, 6) is 0.848. The second-order valence-electron chi connectivity index (χ2n) is 6.00. The maximum Gasteiger partial charge on any atom is 0.125 e. The normalized spacial score (nSPS) is 33.8. The molecule has 3 heteroatoms. The molecule has 1 aromatic rings. The Labute approximate surface area is 114 Å². The first-order valence-corrected chi connectivity index (χ1v) is 7.12. The molecule has 3 nitrogen and oxygen atoms in total. The van der Waals surface area contributed by atoms with Crippen molar-refractivity contribution in [3.63, 3.8) is 0 Å². The van der Waals surface area contributed by atoms with E-state index in [1.165, 1.54) is 0 Å². The number of fused-ring (bicyclic) bond motifs is 1. The van der Waals surface area contributed by atoms with Gasteiger partial charge in [-0.2, -0.15) is 0 Å². The van der Waals surface area contributed by atoms with E-state index < -0.39 is 6.10 Å². The molecule has 1 saturated carbocycles. The number of ether oxygens (including phenoxy) is 2. The Balaban J connectivity index is 1.89. The van der Waals surface area contributed by atoms with Gasteiger partial charge >= 0.3 is 0 Å². The van der Waals surface area contributed by atoms with Gasteiger partial charge in [0.25, 0.3) is 0 Å². The Kier molecular flexibility index (Phi) is 3.27. The van der Waals surface area contributed by atoms with Gasteiger partial charge in [0.1, 0.15) is 11.4 Å². The lowest BCUT2D eigenvalue weighted by Gasteiger charge is -2.45. The molecule has 0 bridgehead atoms. The molecule has 104 valence electrons. The van der Waals surface area contributed by atoms with E-state index in [1.807, 2.05) is 25.1 Å². The number of methoxy groups -OCH3 is 1. The lowest BCUT2D eigenvalue weighted by molar-refractivity contribution is -0.0796. The minimum absolute atomic E-state index is 0.236. The third kappa shape index (κ3) is 2.37. The molecule has 3 atom stereocenters. The summed E-state index contributed by atoms with van der Waals surface area (Å²) in [6.07, 6.45) is 4.62. The van der Waals surface area contributed by atoms with Crippen LogP contribution in [-0.4, -0.2) is 23.9 Å². The molecule has 2 unspecified atom stereocenters. The van der Waals surface area contributed by atoms with Crippen LogP contribution in [0.2, 0.25) is 0 Å². The second-order valence-corrected chi connectivity index (χ2v) is 6.00. The van der Waals surface area contributed by atoms with Crippen LogP contribution in [0.1, 0.15) is 49.3 Å². The summed E-state index contributed by atoms with van der Waals surface area (Å²) in [6.45, 7) is 2.04. The van der Waals surface area contributed by atoms with Crippen molar-refractivity contribution in [2.75, 3.05) is 7.11 Å². The highest BCUT2D eigenvalue weighted by Crippen LogP contribution is 2.46. The van der Waals surface area contributed by atoms with Crippen LogP contribution in [0.15, 0.2) is 18.2 Å². The highest BCUT2D eigenvalue weighted by molar-refractivity contribution is 5.41. The van der Waals surface area contributed by atoms with Crippen LogP contribution < -0.4 is 4.74 Å². The van der Waals surface area contributed by atoms with E-state index in [1.54, 1.807) is 7.11 Å². The topological polar surface area (TPSA) is 38.7 Å². The first-order valence-electron chi connectivity index (χ1n) is 7.12. The zero-order valence-electron chi connectivity index (χ0n) is 11.7. The zero-order valence-corrected chi connectivity index (χ0v) is 11.7. The molecule has 0 saturated heterocycles. The van der Waals surface area contributed by atoms with E-state index in [0.717, 1.165) is 42.6 Å². The Bertz CT molecular complexity index is 471. The molecule has 1 heterocycles. The molecule has 19 heavy (non-hydrogen) atoms. The fourth-order valence-electron chi connectivity index (χ4n) is 3.51. The number of rotatable bonds is 1. The van der Waals surface area contributed by atoms with Crippen molar-refractivity contribution in [2.24, 2.45) is 0 Å². The Morgan fingerprint density at radius 2 is 2.21 bits per heavy atom. The number of aliphatic hydroxyl groups excluding tert-OH is 1. The van der Waals surface area contributed by atoms with Gasteiger partial charge in [0, 0.05) is 25.5 Å². The summed E-state index contributed by atoms with van der Waals surface area (Å²) in [5, 5.41) is 10.4. The second kappa shape index (κ2) is 4.80. The van der Waals surface area contributed by atoms with E-state index >= 15 is 0 Å². The molecule has 3 rings (SSSR count). The van der Waals surface area contributed by atoms with E-state index in [4.69, 9.17) is 9.47 Å². The summed E-state index contributed by atoms with van der Waals surface area (Å²) >= 11 is 0. The van der Waals surface area contributed by atoms with Crippen LogP contribution in [0.25, 0.3) is 0 Å². The van der Waals surface area contributed by atoms with Gasteiger partial charge in [0.05, 0.1) is 12.2 Å². The van der Waals surface area contributed by atoms with E-state index in [9.17, 15) is 5.11 Å². The van der Waals surface area contributed by atoms with Crippen molar-refractivity contribution in [3.8, 4) is 5.75 Å². The predicted molar refractivity (Wildman–Crippen MR) is 73.4 cm³/mol. The molecule has 1 aromatic carbocycles. The number of benzene rings is 1. The molecule has 1 fully saturated rings. The van der Waals surface area contributed by atoms with Gasteiger partial charge in [-0.3, -0.25) is 0 Å². The van der Waals surface area contributed by atoms with E-state index in [2.05, 4.69) is 0 Å². The Hall–Kier alpha value is -1.06.